The van der Waals surface area contributed by atoms with Crippen LogP contribution in [0.25, 0.3) is 11.1 Å². The molecular formula is C21H22F3NO4. The van der Waals surface area contributed by atoms with Gasteiger partial charge < -0.3 is 15.5 Å². The number of hydrogen-bond acceptors (Lipinski definition) is 3. The summed E-state index contributed by atoms with van der Waals surface area (Å²) in [6.07, 6.45) is -4.75. The van der Waals surface area contributed by atoms with E-state index >= 15 is 0 Å². The Labute approximate surface area is 166 Å². The number of carbonyl (C=O) groups is 2. The zero-order valence-corrected chi connectivity index (χ0v) is 16.0. The van der Waals surface area contributed by atoms with Gasteiger partial charge in [0.25, 0.3) is 5.91 Å². The molecule has 0 saturated carbocycles. The number of amides is 1. The van der Waals surface area contributed by atoms with Crippen molar-refractivity contribution in [1.82, 2.24) is 5.32 Å². The molecule has 2 aromatic rings. The van der Waals surface area contributed by atoms with Gasteiger partial charge in [-0.1, -0.05) is 26.0 Å². The number of carbonyl (C=O) groups excluding carboxylic acids is 1. The van der Waals surface area contributed by atoms with Gasteiger partial charge in [0, 0.05) is 12.1 Å². The van der Waals surface area contributed by atoms with Crippen molar-refractivity contribution in [2.45, 2.75) is 39.0 Å². The van der Waals surface area contributed by atoms with Gasteiger partial charge in [0.1, 0.15) is 0 Å². The lowest BCUT2D eigenvalue weighted by molar-refractivity contribution is -0.138. The van der Waals surface area contributed by atoms with Gasteiger partial charge >= 0.3 is 12.1 Å². The highest BCUT2D eigenvalue weighted by molar-refractivity contribution is 5.94. The van der Waals surface area contributed by atoms with E-state index in [1.807, 2.05) is 0 Å². The number of aliphatic carboxylic acids is 1. The van der Waals surface area contributed by atoms with E-state index in [1.54, 1.807) is 13.8 Å². The summed E-state index contributed by atoms with van der Waals surface area (Å²) in [6, 6.07) is 7.96. The molecule has 0 aliphatic rings. The Morgan fingerprint density at radius 2 is 1.72 bits per heavy atom. The van der Waals surface area contributed by atoms with E-state index in [9.17, 15) is 27.9 Å². The van der Waals surface area contributed by atoms with Crippen LogP contribution in [0.5, 0.6) is 0 Å². The Balaban J connectivity index is 2.42. The fourth-order valence-corrected chi connectivity index (χ4v) is 2.99. The van der Waals surface area contributed by atoms with Gasteiger partial charge in [0.15, 0.2) is 0 Å². The predicted octanol–water partition coefficient (Wildman–Crippen LogP) is 4.19. The van der Waals surface area contributed by atoms with E-state index in [0.717, 1.165) is 12.1 Å². The largest absolute Gasteiger partial charge is 0.481 e. The predicted molar refractivity (Wildman–Crippen MR) is 101 cm³/mol. The molecule has 0 aliphatic heterocycles. The first-order valence-electron chi connectivity index (χ1n) is 9.00. The minimum atomic E-state index is -4.53. The second kappa shape index (κ2) is 9.09. The quantitative estimate of drug-likeness (QED) is 0.640. The molecule has 3 N–H and O–H groups in total. The van der Waals surface area contributed by atoms with Gasteiger partial charge in [0.2, 0.25) is 0 Å². The van der Waals surface area contributed by atoms with Crippen molar-refractivity contribution in [3.63, 3.8) is 0 Å². The topological polar surface area (TPSA) is 86.6 Å². The summed E-state index contributed by atoms with van der Waals surface area (Å²) in [5.74, 6) is -1.74. The third-order valence-electron chi connectivity index (χ3n) is 4.47. The van der Waals surface area contributed by atoms with Gasteiger partial charge in [-0.15, -0.1) is 0 Å². The van der Waals surface area contributed by atoms with Crippen molar-refractivity contribution < 1.29 is 33.0 Å². The molecule has 29 heavy (non-hydrogen) atoms. The van der Waals surface area contributed by atoms with E-state index < -0.39 is 30.2 Å². The van der Waals surface area contributed by atoms with Gasteiger partial charge in [-0.05, 0) is 52.4 Å². The molecule has 156 valence electrons. The first kappa shape index (κ1) is 22.4. The lowest BCUT2D eigenvalue weighted by Crippen LogP contribution is -2.25. The van der Waals surface area contributed by atoms with Crippen molar-refractivity contribution in [3.8, 4) is 11.1 Å². The molecule has 0 spiro atoms. The van der Waals surface area contributed by atoms with Gasteiger partial charge in [-0.3, -0.25) is 9.59 Å². The molecule has 8 heteroatoms. The summed E-state index contributed by atoms with van der Waals surface area (Å²) in [5.41, 5.74) is 0.956. The van der Waals surface area contributed by atoms with Crippen LogP contribution in [0.1, 0.15) is 53.2 Å². The van der Waals surface area contributed by atoms with Crippen LogP contribution in [0.4, 0.5) is 13.2 Å². The first-order valence-corrected chi connectivity index (χ1v) is 9.00. The minimum absolute atomic E-state index is 0.0318. The molecule has 0 heterocycles. The smallest absolute Gasteiger partial charge is 0.416 e. The van der Waals surface area contributed by atoms with Crippen molar-refractivity contribution in [2.24, 2.45) is 0 Å². The average Bonchev–Trinajstić information content (AvgIpc) is 2.65. The van der Waals surface area contributed by atoms with Crippen molar-refractivity contribution in [1.29, 1.82) is 0 Å². The van der Waals surface area contributed by atoms with E-state index in [1.165, 1.54) is 24.3 Å². The Morgan fingerprint density at radius 1 is 1.10 bits per heavy atom. The number of carboxylic acid groups (broad SMARTS) is 1. The van der Waals surface area contributed by atoms with Crippen LogP contribution < -0.4 is 5.32 Å². The van der Waals surface area contributed by atoms with Crippen LogP contribution in [0.2, 0.25) is 0 Å². The Hall–Kier alpha value is -2.87. The maximum Gasteiger partial charge on any atom is 0.416 e. The maximum absolute atomic E-state index is 13.4. The summed E-state index contributed by atoms with van der Waals surface area (Å²) in [7, 11) is 0. The number of halogens is 3. The second-order valence-corrected chi connectivity index (χ2v) is 6.88. The third-order valence-corrected chi connectivity index (χ3v) is 4.47. The molecule has 0 saturated heterocycles. The molecule has 0 atom stereocenters. The van der Waals surface area contributed by atoms with Crippen LogP contribution in [-0.2, 0) is 17.6 Å². The molecule has 0 aliphatic carbocycles. The van der Waals surface area contributed by atoms with E-state index in [4.69, 9.17) is 5.11 Å². The highest BCUT2D eigenvalue weighted by Gasteiger charge is 2.32. The van der Waals surface area contributed by atoms with Crippen LogP contribution in [0.15, 0.2) is 36.4 Å². The SMILES string of the molecule is CC(C)c1cc(C(F)(F)F)cc(-c2ccc(C(=O)NCCC(=O)O)cc2)c1CO. The molecule has 0 bridgehead atoms. The lowest BCUT2D eigenvalue weighted by atomic mass is 9.88. The lowest BCUT2D eigenvalue weighted by Gasteiger charge is -2.20. The standard InChI is InChI=1S/C21H22F3NO4/c1-12(2)16-9-15(21(22,23)24)10-17(18(16)11-26)13-3-5-14(6-4-13)20(29)25-8-7-19(27)28/h3-6,9-10,12,26H,7-8,11H2,1-2H3,(H,25,29)(H,27,28). The number of carboxylic acids is 1. The highest BCUT2D eigenvalue weighted by Crippen LogP contribution is 2.38. The molecule has 0 unspecified atom stereocenters. The highest BCUT2D eigenvalue weighted by atomic mass is 19.4. The summed E-state index contributed by atoms with van der Waals surface area (Å²) in [5, 5.41) is 20.8. The molecule has 1 amide bonds. The monoisotopic (exact) mass is 409 g/mol. The fourth-order valence-electron chi connectivity index (χ4n) is 2.99. The molecule has 2 aromatic carbocycles. The van der Waals surface area contributed by atoms with Crippen LogP contribution in [0.3, 0.4) is 0 Å². The van der Waals surface area contributed by atoms with Crippen molar-refractivity contribution in [2.75, 3.05) is 6.54 Å². The Morgan fingerprint density at radius 3 is 2.21 bits per heavy atom. The summed E-state index contributed by atoms with van der Waals surface area (Å²) in [4.78, 5) is 22.5. The van der Waals surface area contributed by atoms with Gasteiger partial charge in [-0.25, -0.2) is 0 Å². The molecule has 0 radical (unpaired) electrons. The van der Waals surface area contributed by atoms with Crippen LogP contribution in [-0.4, -0.2) is 28.6 Å². The molecular weight excluding hydrogens is 387 g/mol. The van der Waals surface area contributed by atoms with Crippen molar-refractivity contribution in [3.05, 3.63) is 58.7 Å². The number of aliphatic hydroxyl groups excluding tert-OH is 1. The van der Waals surface area contributed by atoms with Gasteiger partial charge in [0.05, 0.1) is 18.6 Å². The second-order valence-electron chi connectivity index (χ2n) is 6.88. The first-order chi connectivity index (χ1) is 13.5. The maximum atomic E-state index is 13.4. The van der Waals surface area contributed by atoms with E-state index in [-0.39, 0.29) is 30.0 Å². The van der Waals surface area contributed by atoms with Crippen LogP contribution in [0, 0.1) is 0 Å². The normalized spacial score (nSPS) is 11.6. The summed E-state index contributed by atoms with van der Waals surface area (Å²) in [6.45, 7) is 3.06. The summed E-state index contributed by atoms with van der Waals surface area (Å²) < 4.78 is 40.1. The zero-order chi connectivity index (χ0) is 21.8. The molecule has 2 rings (SSSR count). The number of benzene rings is 2. The molecule has 0 fully saturated rings. The van der Waals surface area contributed by atoms with E-state index in [2.05, 4.69) is 5.32 Å². The molecule has 5 nitrogen and oxygen atoms in total. The minimum Gasteiger partial charge on any atom is -0.481 e. The number of aliphatic hydroxyl groups is 1. The third kappa shape index (κ3) is 5.57. The van der Waals surface area contributed by atoms with E-state index in [0.29, 0.717) is 16.7 Å². The summed E-state index contributed by atoms with van der Waals surface area (Å²) >= 11 is 0. The number of nitrogens with one attached hydrogen (secondary N) is 1. The fraction of sp³-hybridized carbons (Fsp3) is 0.333. The molecule has 0 aromatic heterocycles. The van der Waals surface area contributed by atoms with Crippen LogP contribution >= 0.6 is 0 Å². The number of alkyl halides is 3. The number of hydrogen-bond donors (Lipinski definition) is 3. The average molecular weight is 409 g/mol. The zero-order valence-electron chi connectivity index (χ0n) is 16.0. The Bertz CT molecular complexity index is 890. The number of rotatable bonds is 7. The van der Waals surface area contributed by atoms with Crippen molar-refractivity contribution >= 4 is 11.9 Å². The van der Waals surface area contributed by atoms with Gasteiger partial charge in [-0.2, -0.15) is 13.2 Å². The Kier molecular flexibility index (Phi) is 7.02.